The van der Waals surface area contributed by atoms with E-state index in [-0.39, 0.29) is 24.3 Å². The molecule has 2 rings (SSSR count). The number of nitrogens with one attached hydrogen (secondary N) is 1. The van der Waals surface area contributed by atoms with E-state index in [1.807, 2.05) is 0 Å². The summed E-state index contributed by atoms with van der Waals surface area (Å²) in [5.41, 5.74) is 0.434. The first kappa shape index (κ1) is 18.2. The van der Waals surface area contributed by atoms with Gasteiger partial charge in [-0.15, -0.1) is 0 Å². The van der Waals surface area contributed by atoms with E-state index in [9.17, 15) is 9.18 Å². The third kappa shape index (κ3) is 4.92. The first-order valence-electron chi connectivity index (χ1n) is 8.29. The Balaban J connectivity index is 1.87. The van der Waals surface area contributed by atoms with E-state index in [0.29, 0.717) is 29.0 Å². The number of likely N-dealkylation sites (N-methyl/N-ethyl adjacent to an activating group) is 1. The van der Waals surface area contributed by atoms with Crippen molar-refractivity contribution >= 4 is 17.5 Å². The molecule has 1 fully saturated rings. The maximum absolute atomic E-state index is 13.8. The summed E-state index contributed by atoms with van der Waals surface area (Å²) in [6.07, 6.45) is 3.44. The highest BCUT2D eigenvalue weighted by atomic mass is 35.5. The van der Waals surface area contributed by atoms with Crippen LogP contribution in [0.1, 0.15) is 38.7 Å². The summed E-state index contributed by atoms with van der Waals surface area (Å²) in [5, 5.41) is 3.53. The third-order valence-electron chi connectivity index (χ3n) is 4.96. The van der Waals surface area contributed by atoms with E-state index in [1.54, 1.807) is 24.1 Å². The molecule has 0 spiro atoms. The van der Waals surface area contributed by atoms with Crippen LogP contribution in [-0.2, 0) is 11.3 Å². The molecular weight excluding hydrogens is 315 g/mol. The molecule has 128 valence electrons. The van der Waals surface area contributed by atoms with Crippen molar-refractivity contribution < 1.29 is 9.18 Å². The average Bonchev–Trinajstić information content (AvgIpc) is 2.48. The van der Waals surface area contributed by atoms with Gasteiger partial charge >= 0.3 is 0 Å². The molecule has 1 aliphatic carbocycles. The topological polar surface area (TPSA) is 32.3 Å². The Morgan fingerprint density at radius 3 is 2.83 bits per heavy atom. The molecule has 1 aromatic rings. The van der Waals surface area contributed by atoms with Crippen molar-refractivity contribution in [3.05, 3.63) is 34.6 Å². The van der Waals surface area contributed by atoms with Gasteiger partial charge in [0, 0.05) is 23.2 Å². The second kappa shape index (κ2) is 8.11. The van der Waals surface area contributed by atoms with Gasteiger partial charge in [0.25, 0.3) is 0 Å². The highest BCUT2D eigenvalue weighted by Crippen LogP contribution is 2.29. The number of carbonyl (C=O) groups is 1. The van der Waals surface area contributed by atoms with Crippen molar-refractivity contribution in [2.75, 3.05) is 13.6 Å². The predicted molar refractivity (Wildman–Crippen MR) is 91.9 cm³/mol. The zero-order valence-corrected chi connectivity index (χ0v) is 14.9. The summed E-state index contributed by atoms with van der Waals surface area (Å²) in [5.74, 6) is 0.799. The Morgan fingerprint density at radius 1 is 1.39 bits per heavy atom. The minimum atomic E-state index is -0.334. The van der Waals surface area contributed by atoms with E-state index in [4.69, 9.17) is 11.6 Å². The molecule has 1 aromatic carbocycles. The lowest BCUT2D eigenvalue weighted by molar-refractivity contribution is -0.123. The van der Waals surface area contributed by atoms with E-state index >= 15 is 0 Å². The molecule has 1 aliphatic rings. The Hall–Kier alpha value is -1.13. The fraction of sp³-hybridized carbons (Fsp3) is 0.611. The Labute approximate surface area is 143 Å². The first-order chi connectivity index (χ1) is 10.9. The Morgan fingerprint density at radius 2 is 2.13 bits per heavy atom. The van der Waals surface area contributed by atoms with Crippen molar-refractivity contribution in [2.24, 2.45) is 11.8 Å². The van der Waals surface area contributed by atoms with Crippen LogP contribution in [-0.4, -0.2) is 30.4 Å². The summed E-state index contributed by atoms with van der Waals surface area (Å²) in [4.78, 5) is 14.0. The Bertz CT molecular complexity index is 532. The molecule has 0 radical (unpaired) electrons. The lowest BCUT2D eigenvalue weighted by Crippen LogP contribution is -2.46. The van der Waals surface area contributed by atoms with E-state index in [0.717, 1.165) is 12.8 Å². The number of rotatable bonds is 5. The largest absolute Gasteiger partial charge is 0.352 e. The monoisotopic (exact) mass is 340 g/mol. The average molecular weight is 341 g/mol. The summed E-state index contributed by atoms with van der Waals surface area (Å²) in [6.45, 7) is 5.00. The zero-order chi connectivity index (χ0) is 17.0. The molecule has 0 aromatic heterocycles. The quantitative estimate of drug-likeness (QED) is 0.883. The van der Waals surface area contributed by atoms with Crippen LogP contribution in [0.5, 0.6) is 0 Å². The molecule has 5 heteroatoms. The van der Waals surface area contributed by atoms with Gasteiger partial charge in [-0.2, -0.15) is 0 Å². The van der Waals surface area contributed by atoms with Gasteiger partial charge in [0.2, 0.25) is 5.91 Å². The molecule has 1 amide bonds. The van der Waals surface area contributed by atoms with Crippen molar-refractivity contribution in [1.82, 2.24) is 10.2 Å². The second-order valence-electron chi connectivity index (χ2n) is 6.81. The lowest BCUT2D eigenvalue weighted by Gasteiger charge is -2.35. The molecule has 1 saturated carbocycles. The van der Waals surface area contributed by atoms with Gasteiger partial charge in [0.15, 0.2) is 0 Å². The first-order valence-corrected chi connectivity index (χ1v) is 8.67. The van der Waals surface area contributed by atoms with Gasteiger partial charge < -0.3 is 5.32 Å². The van der Waals surface area contributed by atoms with Crippen LogP contribution in [0.15, 0.2) is 18.2 Å². The maximum Gasteiger partial charge on any atom is 0.234 e. The van der Waals surface area contributed by atoms with Crippen LogP contribution in [0.25, 0.3) is 0 Å². The highest BCUT2D eigenvalue weighted by molar-refractivity contribution is 6.31. The van der Waals surface area contributed by atoms with Gasteiger partial charge in [-0.3, -0.25) is 9.69 Å². The van der Waals surface area contributed by atoms with Crippen molar-refractivity contribution in [3.8, 4) is 0 Å². The fourth-order valence-electron chi connectivity index (χ4n) is 3.29. The van der Waals surface area contributed by atoms with Gasteiger partial charge in [-0.1, -0.05) is 44.4 Å². The number of amides is 1. The normalized spacial score (nSPS) is 24.7. The minimum absolute atomic E-state index is 0.00842. The number of nitrogens with zero attached hydrogens (tertiary/aromatic N) is 1. The summed E-state index contributed by atoms with van der Waals surface area (Å²) in [7, 11) is 1.80. The SMILES string of the molecule is CC1CCCC(NC(=O)CN(C)Cc2c(F)cccc2Cl)C1C. The van der Waals surface area contributed by atoms with Crippen molar-refractivity contribution in [3.63, 3.8) is 0 Å². The number of halogens is 2. The molecule has 23 heavy (non-hydrogen) atoms. The number of hydrogen-bond donors (Lipinski definition) is 1. The molecule has 0 heterocycles. The summed E-state index contributed by atoms with van der Waals surface area (Å²) < 4.78 is 13.8. The highest BCUT2D eigenvalue weighted by Gasteiger charge is 2.28. The standard InChI is InChI=1S/C18H26ClFN2O/c1-12-6-4-9-17(13(12)2)21-18(23)11-22(3)10-14-15(19)7-5-8-16(14)20/h5,7-8,12-13,17H,4,6,9-11H2,1-3H3,(H,21,23). The molecule has 3 atom stereocenters. The minimum Gasteiger partial charge on any atom is -0.352 e. The molecule has 0 bridgehead atoms. The number of carbonyl (C=O) groups excluding carboxylic acids is 1. The van der Waals surface area contributed by atoms with Crippen molar-refractivity contribution in [2.45, 2.75) is 45.7 Å². The van der Waals surface area contributed by atoms with Gasteiger partial charge in [0.05, 0.1) is 6.54 Å². The fourth-order valence-corrected chi connectivity index (χ4v) is 3.52. The number of benzene rings is 1. The van der Waals surface area contributed by atoms with Gasteiger partial charge in [-0.25, -0.2) is 4.39 Å². The third-order valence-corrected chi connectivity index (χ3v) is 5.31. The molecule has 1 N–H and O–H groups in total. The van der Waals surface area contributed by atoms with E-state index < -0.39 is 0 Å². The maximum atomic E-state index is 13.8. The van der Waals surface area contributed by atoms with Gasteiger partial charge in [0.1, 0.15) is 5.82 Å². The lowest BCUT2D eigenvalue weighted by atomic mass is 9.78. The predicted octanol–water partition coefficient (Wildman–Crippen LogP) is 3.85. The molecule has 3 nitrogen and oxygen atoms in total. The second-order valence-corrected chi connectivity index (χ2v) is 7.22. The van der Waals surface area contributed by atoms with Crippen LogP contribution in [0.3, 0.4) is 0 Å². The van der Waals surface area contributed by atoms with Crippen LogP contribution in [0.2, 0.25) is 5.02 Å². The summed E-state index contributed by atoms with van der Waals surface area (Å²) >= 11 is 6.03. The molecule has 0 saturated heterocycles. The summed E-state index contributed by atoms with van der Waals surface area (Å²) in [6, 6.07) is 4.88. The van der Waals surface area contributed by atoms with Gasteiger partial charge in [-0.05, 0) is 37.4 Å². The molecule has 3 unspecified atom stereocenters. The van der Waals surface area contributed by atoms with Crippen LogP contribution >= 0.6 is 11.6 Å². The van der Waals surface area contributed by atoms with Crippen molar-refractivity contribution in [1.29, 1.82) is 0 Å². The van der Waals surface area contributed by atoms with E-state index in [2.05, 4.69) is 19.2 Å². The Kier molecular flexibility index (Phi) is 6.42. The van der Waals surface area contributed by atoms with E-state index in [1.165, 1.54) is 12.5 Å². The molecular formula is C18H26ClFN2O. The molecule has 0 aliphatic heterocycles. The zero-order valence-electron chi connectivity index (χ0n) is 14.1. The smallest absolute Gasteiger partial charge is 0.234 e. The van der Waals surface area contributed by atoms with Crippen LogP contribution in [0, 0.1) is 17.7 Å². The number of hydrogen-bond acceptors (Lipinski definition) is 2. The van der Waals surface area contributed by atoms with Crippen LogP contribution < -0.4 is 5.32 Å². The van der Waals surface area contributed by atoms with Crippen LogP contribution in [0.4, 0.5) is 4.39 Å².